The van der Waals surface area contributed by atoms with Crippen molar-refractivity contribution in [3.8, 4) is 23.6 Å². The average Bonchev–Trinajstić information content (AvgIpc) is 2.54. The molecular weight excluding hydrogens is 292 g/mol. The first-order valence-corrected chi connectivity index (χ1v) is 6.78. The molecule has 0 aliphatic rings. The Bertz CT molecular complexity index is 1020. The lowest BCUT2D eigenvalue weighted by atomic mass is 10.1. The number of nitriles is 2. The number of fused-ring (bicyclic) bond motifs is 1. The van der Waals surface area contributed by atoms with Crippen molar-refractivity contribution in [1.82, 2.24) is 0 Å². The maximum absolute atomic E-state index is 11.5. The zero-order valence-electron chi connectivity index (χ0n) is 12.2. The van der Waals surface area contributed by atoms with Gasteiger partial charge in [-0.05, 0) is 36.8 Å². The molecule has 3 rings (SSSR count). The second-order valence-corrected chi connectivity index (χ2v) is 4.91. The number of rotatable bonds is 2. The van der Waals surface area contributed by atoms with Crippen molar-refractivity contribution in [3.05, 3.63) is 69.6 Å². The van der Waals surface area contributed by atoms with Crippen LogP contribution in [0.3, 0.4) is 0 Å². The van der Waals surface area contributed by atoms with E-state index in [4.69, 9.17) is 19.7 Å². The molecule has 0 unspecified atom stereocenters. The molecule has 110 valence electrons. The second kappa shape index (κ2) is 5.67. The summed E-state index contributed by atoms with van der Waals surface area (Å²) >= 11 is 0. The molecule has 0 saturated heterocycles. The molecule has 2 aromatic carbocycles. The SMILES string of the molecule is Cc1cc(=O)oc2cc(Oc3c(C#N)cccc3C#N)ccc12. The van der Waals surface area contributed by atoms with Crippen LogP contribution in [-0.2, 0) is 0 Å². The van der Waals surface area contributed by atoms with E-state index in [0.29, 0.717) is 11.3 Å². The van der Waals surface area contributed by atoms with Gasteiger partial charge in [0.15, 0.2) is 5.75 Å². The highest BCUT2D eigenvalue weighted by molar-refractivity contribution is 5.81. The summed E-state index contributed by atoms with van der Waals surface area (Å²) in [5.74, 6) is 0.567. The smallest absolute Gasteiger partial charge is 0.336 e. The molecule has 0 fully saturated rings. The van der Waals surface area contributed by atoms with E-state index in [1.165, 1.54) is 6.07 Å². The Hall–Kier alpha value is -3.57. The zero-order chi connectivity index (χ0) is 16.4. The number of nitrogens with zero attached hydrogens (tertiary/aromatic N) is 2. The van der Waals surface area contributed by atoms with Crippen molar-refractivity contribution < 1.29 is 9.15 Å². The van der Waals surface area contributed by atoms with Gasteiger partial charge in [0.25, 0.3) is 0 Å². The Morgan fingerprint density at radius 1 is 1.04 bits per heavy atom. The summed E-state index contributed by atoms with van der Waals surface area (Å²) in [5.41, 5.74) is 1.27. The van der Waals surface area contributed by atoms with Crippen LogP contribution in [0.5, 0.6) is 11.5 Å². The van der Waals surface area contributed by atoms with Gasteiger partial charge in [-0.3, -0.25) is 0 Å². The van der Waals surface area contributed by atoms with Gasteiger partial charge in [-0.15, -0.1) is 0 Å². The molecule has 5 nitrogen and oxygen atoms in total. The Labute approximate surface area is 131 Å². The minimum absolute atomic E-state index is 0.187. The predicted molar refractivity (Wildman–Crippen MR) is 83.2 cm³/mol. The molecule has 0 aliphatic heterocycles. The van der Waals surface area contributed by atoms with E-state index in [9.17, 15) is 4.79 Å². The Kier molecular flexibility index (Phi) is 3.54. The number of aryl methyl sites for hydroxylation is 1. The summed E-state index contributed by atoms with van der Waals surface area (Å²) in [6.45, 7) is 1.82. The monoisotopic (exact) mass is 302 g/mol. The molecule has 0 saturated carbocycles. The van der Waals surface area contributed by atoms with Crippen molar-refractivity contribution in [1.29, 1.82) is 10.5 Å². The first-order valence-electron chi connectivity index (χ1n) is 6.78. The minimum atomic E-state index is -0.442. The van der Waals surface area contributed by atoms with Crippen LogP contribution < -0.4 is 10.4 Å². The van der Waals surface area contributed by atoms with Gasteiger partial charge in [-0.2, -0.15) is 10.5 Å². The van der Waals surface area contributed by atoms with Gasteiger partial charge >= 0.3 is 5.63 Å². The number of benzene rings is 2. The van der Waals surface area contributed by atoms with Crippen LogP contribution in [0.25, 0.3) is 11.0 Å². The van der Waals surface area contributed by atoms with E-state index in [1.807, 2.05) is 19.1 Å². The van der Waals surface area contributed by atoms with Gasteiger partial charge in [0.2, 0.25) is 0 Å². The van der Waals surface area contributed by atoms with Crippen LogP contribution in [0.4, 0.5) is 0 Å². The number of para-hydroxylation sites is 1. The lowest BCUT2D eigenvalue weighted by molar-refractivity contribution is 0.477. The van der Waals surface area contributed by atoms with Crippen LogP contribution in [0.1, 0.15) is 16.7 Å². The standard InChI is InChI=1S/C18H10N2O3/c1-11-7-17(21)23-16-8-14(5-6-15(11)16)22-18-12(9-19)3-2-4-13(18)10-20/h2-8H,1H3. The average molecular weight is 302 g/mol. The third-order valence-electron chi connectivity index (χ3n) is 3.40. The minimum Gasteiger partial charge on any atom is -0.454 e. The van der Waals surface area contributed by atoms with Crippen molar-refractivity contribution in [2.75, 3.05) is 0 Å². The van der Waals surface area contributed by atoms with Crippen molar-refractivity contribution in [3.63, 3.8) is 0 Å². The topological polar surface area (TPSA) is 87.0 Å². The molecule has 0 aliphatic carbocycles. The fraction of sp³-hybridized carbons (Fsp3) is 0.0556. The van der Waals surface area contributed by atoms with Crippen molar-refractivity contribution >= 4 is 11.0 Å². The first-order chi connectivity index (χ1) is 11.1. The van der Waals surface area contributed by atoms with E-state index < -0.39 is 5.63 Å². The molecule has 23 heavy (non-hydrogen) atoms. The molecule has 0 bridgehead atoms. The number of hydrogen-bond acceptors (Lipinski definition) is 5. The molecule has 1 aromatic heterocycles. The molecule has 5 heteroatoms. The van der Waals surface area contributed by atoms with Crippen molar-refractivity contribution in [2.45, 2.75) is 6.92 Å². The third kappa shape index (κ3) is 2.64. The molecule has 0 amide bonds. The molecule has 0 radical (unpaired) electrons. The number of hydrogen-bond donors (Lipinski definition) is 0. The fourth-order valence-electron chi connectivity index (χ4n) is 2.31. The van der Waals surface area contributed by atoms with Gasteiger partial charge in [0.1, 0.15) is 23.5 Å². The van der Waals surface area contributed by atoms with E-state index in [1.54, 1.807) is 36.4 Å². The second-order valence-electron chi connectivity index (χ2n) is 4.91. The highest BCUT2D eigenvalue weighted by Crippen LogP contribution is 2.31. The van der Waals surface area contributed by atoms with Crippen LogP contribution in [0, 0.1) is 29.6 Å². The van der Waals surface area contributed by atoms with Crippen molar-refractivity contribution in [2.24, 2.45) is 0 Å². The van der Waals surface area contributed by atoms with E-state index >= 15 is 0 Å². The predicted octanol–water partition coefficient (Wildman–Crippen LogP) is 3.64. The summed E-state index contributed by atoms with van der Waals surface area (Å²) in [6, 6.07) is 15.2. The van der Waals surface area contributed by atoms with Crippen LogP contribution in [-0.4, -0.2) is 0 Å². The Balaban J connectivity index is 2.12. The Morgan fingerprint density at radius 2 is 1.74 bits per heavy atom. The molecular formula is C18H10N2O3. The van der Waals surface area contributed by atoms with Gasteiger partial charge < -0.3 is 9.15 Å². The summed E-state index contributed by atoms with van der Waals surface area (Å²) in [7, 11) is 0. The van der Waals surface area contributed by atoms with Crippen LogP contribution >= 0.6 is 0 Å². The quantitative estimate of drug-likeness (QED) is 0.674. The Morgan fingerprint density at radius 3 is 2.39 bits per heavy atom. The lowest BCUT2D eigenvalue weighted by Gasteiger charge is -2.10. The highest BCUT2D eigenvalue weighted by Gasteiger charge is 2.12. The molecule has 0 spiro atoms. The van der Waals surface area contributed by atoms with E-state index in [2.05, 4.69) is 0 Å². The molecule has 3 aromatic rings. The summed E-state index contributed by atoms with van der Waals surface area (Å²) in [5, 5.41) is 19.1. The zero-order valence-corrected chi connectivity index (χ0v) is 12.2. The van der Waals surface area contributed by atoms with Gasteiger partial charge in [0, 0.05) is 17.5 Å². The fourth-order valence-corrected chi connectivity index (χ4v) is 2.31. The molecule has 0 N–H and O–H groups in total. The summed E-state index contributed by atoms with van der Waals surface area (Å²) in [4.78, 5) is 11.5. The highest BCUT2D eigenvalue weighted by atomic mass is 16.5. The summed E-state index contributed by atoms with van der Waals surface area (Å²) in [6.07, 6.45) is 0. The van der Waals surface area contributed by atoms with Crippen LogP contribution in [0.15, 0.2) is 51.7 Å². The maximum atomic E-state index is 11.5. The maximum Gasteiger partial charge on any atom is 0.336 e. The summed E-state index contributed by atoms with van der Waals surface area (Å²) < 4.78 is 10.9. The van der Waals surface area contributed by atoms with Gasteiger partial charge in [-0.1, -0.05) is 6.07 Å². The van der Waals surface area contributed by atoms with Gasteiger partial charge in [-0.25, -0.2) is 4.79 Å². The van der Waals surface area contributed by atoms with Crippen LogP contribution in [0.2, 0.25) is 0 Å². The van der Waals surface area contributed by atoms with E-state index in [-0.39, 0.29) is 16.9 Å². The largest absolute Gasteiger partial charge is 0.454 e. The lowest BCUT2D eigenvalue weighted by Crippen LogP contribution is -1.98. The first kappa shape index (κ1) is 14.4. The normalized spacial score (nSPS) is 10.0. The number of ether oxygens (including phenoxy) is 1. The molecule has 0 atom stereocenters. The van der Waals surface area contributed by atoms with Gasteiger partial charge in [0.05, 0.1) is 11.1 Å². The molecule has 1 heterocycles. The van der Waals surface area contributed by atoms with E-state index in [0.717, 1.165) is 10.9 Å². The third-order valence-corrected chi connectivity index (χ3v) is 3.40.